The third kappa shape index (κ3) is 3.53. The molecule has 0 saturated heterocycles. The van der Waals surface area contributed by atoms with E-state index < -0.39 is 11.7 Å². The molecule has 2 nitrogen and oxygen atoms in total. The van der Waals surface area contributed by atoms with Crippen molar-refractivity contribution >= 4 is 0 Å². The molecule has 0 aliphatic heterocycles. The molecule has 0 unspecified atom stereocenters. The van der Waals surface area contributed by atoms with Gasteiger partial charge in [0.1, 0.15) is 0 Å². The molecular formula is C10H13F3N2. The highest BCUT2D eigenvalue weighted by atomic mass is 19.4. The van der Waals surface area contributed by atoms with E-state index in [1.54, 1.807) is 25.2 Å². The van der Waals surface area contributed by atoms with Crippen molar-refractivity contribution in [3.05, 3.63) is 35.4 Å². The van der Waals surface area contributed by atoms with Crippen molar-refractivity contribution in [2.24, 2.45) is 0 Å². The van der Waals surface area contributed by atoms with Crippen LogP contribution in [0.1, 0.15) is 11.1 Å². The maximum atomic E-state index is 12.5. The lowest BCUT2D eigenvalue weighted by Crippen LogP contribution is -2.30. The van der Waals surface area contributed by atoms with E-state index in [1.807, 2.05) is 0 Å². The topological polar surface area (TPSA) is 15.3 Å². The van der Waals surface area contributed by atoms with Crippen LogP contribution in [-0.2, 0) is 12.7 Å². The first-order valence-corrected chi connectivity index (χ1v) is 4.47. The lowest BCUT2D eigenvalue weighted by molar-refractivity contribution is -0.138. The molecule has 1 aromatic carbocycles. The highest BCUT2D eigenvalue weighted by molar-refractivity contribution is 5.29. The number of benzene rings is 1. The van der Waals surface area contributed by atoms with Crippen molar-refractivity contribution in [2.45, 2.75) is 12.7 Å². The standard InChI is InChI=1S/C10H13F3N2/c1-15(2)14-7-8-5-3-4-6-9(8)10(11,12)13/h3-6,14H,7H2,1-2H3. The Balaban J connectivity index is 2.87. The Hall–Kier alpha value is -1.07. The quantitative estimate of drug-likeness (QED) is 0.783. The number of rotatable bonds is 3. The summed E-state index contributed by atoms with van der Waals surface area (Å²) in [7, 11) is 3.46. The molecule has 1 rings (SSSR count). The van der Waals surface area contributed by atoms with Gasteiger partial charge in [-0.2, -0.15) is 13.2 Å². The van der Waals surface area contributed by atoms with Crippen LogP contribution in [0.15, 0.2) is 24.3 Å². The Morgan fingerprint density at radius 1 is 1.20 bits per heavy atom. The zero-order valence-electron chi connectivity index (χ0n) is 8.60. The fourth-order valence-corrected chi connectivity index (χ4v) is 1.19. The highest BCUT2D eigenvalue weighted by Crippen LogP contribution is 2.31. The lowest BCUT2D eigenvalue weighted by atomic mass is 10.1. The minimum absolute atomic E-state index is 0.169. The van der Waals surface area contributed by atoms with E-state index in [9.17, 15) is 13.2 Å². The van der Waals surface area contributed by atoms with Gasteiger partial charge in [-0.1, -0.05) is 18.2 Å². The van der Waals surface area contributed by atoms with Gasteiger partial charge < -0.3 is 0 Å². The molecule has 0 aliphatic rings. The smallest absolute Gasteiger partial charge is 0.251 e. The molecule has 0 fully saturated rings. The molecule has 0 aliphatic carbocycles. The van der Waals surface area contributed by atoms with Crippen LogP contribution in [0, 0.1) is 0 Å². The minimum Gasteiger partial charge on any atom is -0.251 e. The summed E-state index contributed by atoms with van der Waals surface area (Å²) in [5.41, 5.74) is 2.47. The van der Waals surface area contributed by atoms with Crippen molar-refractivity contribution in [2.75, 3.05) is 14.1 Å². The molecule has 0 spiro atoms. The molecule has 84 valence electrons. The van der Waals surface area contributed by atoms with Gasteiger partial charge in [-0.25, -0.2) is 0 Å². The number of nitrogens with zero attached hydrogens (tertiary/aromatic N) is 1. The first kappa shape index (κ1) is 12.0. The van der Waals surface area contributed by atoms with E-state index in [1.165, 1.54) is 12.1 Å². The van der Waals surface area contributed by atoms with Gasteiger partial charge in [0, 0.05) is 20.6 Å². The zero-order valence-corrected chi connectivity index (χ0v) is 8.60. The van der Waals surface area contributed by atoms with Gasteiger partial charge >= 0.3 is 6.18 Å². The molecule has 0 saturated carbocycles. The summed E-state index contributed by atoms with van der Waals surface area (Å²) in [5, 5.41) is 1.62. The third-order valence-corrected chi connectivity index (χ3v) is 1.91. The summed E-state index contributed by atoms with van der Waals surface area (Å²) in [4.78, 5) is 0. The number of hydrogen-bond acceptors (Lipinski definition) is 2. The molecule has 1 N–H and O–H groups in total. The second-order valence-corrected chi connectivity index (χ2v) is 3.38. The van der Waals surface area contributed by atoms with E-state index >= 15 is 0 Å². The van der Waals surface area contributed by atoms with Gasteiger partial charge in [-0.15, -0.1) is 0 Å². The van der Waals surface area contributed by atoms with Crippen LogP contribution in [0.4, 0.5) is 13.2 Å². The normalized spacial score (nSPS) is 12.1. The number of alkyl halides is 3. The summed E-state index contributed by atoms with van der Waals surface area (Å²) in [6.45, 7) is 0.169. The average molecular weight is 218 g/mol. The van der Waals surface area contributed by atoms with Gasteiger partial charge in [0.15, 0.2) is 0 Å². The van der Waals surface area contributed by atoms with Gasteiger partial charge in [0.25, 0.3) is 0 Å². The summed E-state index contributed by atoms with van der Waals surface area (Å²) < 4.78 is 37.6. The molecule has 5 heteroatoms. The number of hydrogen-bond donors (Lipinski definition) is 1. The van der Waals surface area contributed by atoms with Crippen LogP contribution in [0.5, 0.6) is 0 Å². The van der Waals surface area contributed by atoms with E-state index in [-0.39, 0.29) is 12.1 Å². The van der Waals surface area contributed by atoms with Crippen molar-refractivity contribution in [3.63, 3.8) is 0 Å². The van der Waals surface area contributed by atoms with E-state index in [0.29, 0.717) is 0 Å². The van der Waals surface area contributed by atoms with Crippen LogP contribution in [-0.4, -0.2) is 19.1 Å². The first-order valence-electron chi connectivity index (χ1n) is 4.47. The molecule has 0 radical (unpaired) electrons. The average Bonchev–Trinajstić information content (AvgIpc) is 2.13. The predicted octanol–water partition coefficient (Wildman–Crippen LogP) is 2.27. The largest absolute Gasteiger partial charge is 0.416 e. The van der Waals surface area contributed by atoms with Crippen LogP contribution in [0.3, 0.4) is 0 Å². The zero-order chi connectivity index (χ0) is 11.5. The molecular weight excluding hydrogens is 205 g/mol. The second-order valence-electron chi connectivity index (χ2n) is 3.38. The summed E-state index contributed by atoms with van der Waals surface area (Å²) in [6, 6.07) is 5.55. The maximum absolute atomic E-state index is 12.5. The molecule has 15 heavy (non-hydrogen) atoms. The Morgan fingerprint density at radius 2 is 1.80 bits per heavy atom. The Kier molecular flexibility index (Phi) is 3.71. The SMILES string of the molecule is CN(C)NCc1ccccc1C(F)(F)F. The number of hydrazine groups is 1. The van der Waals surface area contributed by atoms with Crippen LogP contribution < -0.4 is 5.43 Å². The summed E-state index contributed by atoms with van der Waals surface area (Å²) in [6.07, 6.45) is -4.29. The molecule has 0 aromatic heterocycles. The fraction of sp³-hybridized carbons (Fsp3) is 0.400. The van der Waals surface area contributed by atoms with Gasteiger partial charge in [0.2, 0.25) is 0 Å². The van der Waals surface area contributed by atoms with Crippen molar-refractivity contribution in [1.29, 1.82) is 0 Å². The van der Waals surface area contributed by atoms with Gasteiger partial charge in [-0.3, -0.25) is 10.4 Å². The molecule has 1 aromatic rings. The summed E-state index contributed by atoms with van der Waals surface area (Å²) >= 11 is 0. The second kappa shape index (κ2) is 4.63. The third-order valence-electron chi connectivity index (χ3n) is 1.91. The Bertz CT molecular complexity index is 321. The fourth-order valence-electron chi connectivity index (χ4n) is 1.19. The number of halogens is 3. The van der Waals surface area contributed by atoms with Crippen molar-refractivity contribution < 1.29 is 13.2 Å². The molecule has 0 bridgehead atoms. The predicted molar refractivity (Wildman–Crippen MR) is 52.0 cm³/mol. The lowest BCUT2D eigenvalue weighted by Gasteiger charge is -2.16. The van der Waals surface area contributed by atoms with Crippen LogP contribution in [0.25, 0.3) is 0 Å². The van der Waals surface area contributed by atoms with Crippen molar-refractivity contribution in [3.8, 4) is 0 Å². The van der Waals surface area contributed by atoms with E-state index in [2.05, 4.69) is 5.43 Å². The van der Waals surface area contributed by atoms with Crippen LogP contribution in [0.2, 0.25) is 0 Å². The van der Waals surface area contributed by atoms with Crippen LogP contribution >= 0.6 is 0 Å². The van der Waals surface area contributed by atoms with E-state index in [0.717, 1.165) is 6.07 Å². The Labute approximate surface area is 86.7 Å². The Morgan fingerprint density at radius 3 is 2.33 bits per heavy atom. The molecule has 0 atom stereocenters. The first-order chi connectivity index (χ1) is 6.91. The monoisotopic (exact) mass is 218 g/mol. The number of nitrogens with one attached hydrogen (secondary N) is 1. The summed E-state index contributed by atoms with van der Waals surface area (Å²) in [5.74, 6) is 0. The van der Waals surface area contributed by atoms with Crippen molar-refractivity contribution in [1.82, 2.24) is 10.4 Å². The maximum Gasteiger partial charge on any atom is 0.416 e. The molecule has 0 amide bonds. The highest BCUT2D eigenvalue weighted by Gasteiger charge is 2.32. The van der Waals surface area contributed by atoms with Gasteiger partial charge in [-0.05, 0) is 11.6 Å². The molecule has 0 heterocycles. The van der Waals surface area contributed by atoms with Gasteiger partial charge in [0.05, 0.1) is 5.56 Å². The van der Waals surface area contributed by atoms with E-state index in [4.69, 9.17) is 0 Å². The minimum atomic E-state index is -4.29.